The van der Waals surface area contributed by atoms with Crippen LogP contribution < -0.4 is 0 Å². The molecule has 1 N–H and O–H groups in total. The lowest BCUT2D eigenvalue weighted by Crippen LogP contribution is -2.21. The summed E-state index contributed by atoms with van der Waals surface area (Å²) in [5.41, 5.74) is 1.48. The summed E-state index contributed by atoms with van der Waals surface area (Å²) >= 11 is 0. The third kappa shape index (κ3) is 5.34. The van der Waals surface area contributed by atoms with Crippen LogP contribution in [0.2, 0.25) is 0 Å². The van der Waals surface area contributed by atoms with Crippen molar-refractivity contribution in [2.24, 2.45) is 23.7 Å². The highest BCUT2D eigenvalue weighted by Crippen LogP contribution is 2.48. The molecule has 0 saturated heterocycles. The minimum Gasteiger partial charge on any atom is -0.392 e. The van der Waals surface area contributed by atoms with E-state index in [1.165, 1.54) is 24.8 Å². The van der Waals surface area contributed by atoms with E-state index >= 15 is 0 Å². The van der Waals surface area contributed by atoms with E-state index in [4.69, 9.17) is 0 Å². The van der Waals surface area contributed by atoms with E-state index < -0.39 is 0 Å². The van der Waals surface area contributed by atoms with Gasteiger partial charge in [-0.2, -0.15) is 0 Å². The molecule has 2 saturated carbocycles. The fourth-order valence-corrected chi connectivity index (χ4v) is 5.37. The Labute approximate surface area is 170 Å². The zero-order valence-corrected chi connectivity index (χ0v) is 17.6. The Morgan fingerprint density at radius 3 is 2.64 bits per heavy atom. The molecule has 156 valence electrons. The summed E-state index contributed by atoms with van der Waals surface area (Å²) in [5.74, 6) is 1.69. The number of nitrogens with zero attached hydrogens (tertiary/aromatic N) is 1. The maximum atomic E-state index is 12.5. The highest BCUT2D eigenvalue weighted by molar-refractivity contribution is 5.91. The number of carbonyl (C=O) groups excluding carboxylic acids is 2. The van der Waals surface area contributed by atoms with Crippen molar-refractivity contribution in [1.82, 2.24) is 4.90 Å². The van der Waals surface area contributed by atoms with Gasteiger partial charge in [0.1, 0.15) is 0 Å². The lowest BCUT2D eigenvalue weighted by molar-refractivity contribution is -0.128. The van der Waals surface area contributed by atoms with E-state index in [0.717, 1.165) is 44.9 Å². The van der Waals surface area contributed by atoms with Gasteiger partial charge in [0.15, 0.2) is 5.78 Å². The third-order valence-electron chi connectivity index (χ3n) is 7.08. The third-order valence-corrected chi connectivity index (χ3v) is 7.08. The van der Waals surface area contributed by atoms with Crippen LogP contribution in [0.5, 0.6) is 0 Å². The molecule has 0 unspecified atom stereocenters. The van der Waals surface area contributed by atoms with Gasteiger partial charge in [0.05, 0.1) is 6.10 Å². The van der Waals surface area contributed by atoms with Crippen LogP contribution in [0.3, 0.4) is 0 Å². The molecular weight excluding hydrogens is 350 g/mol. The van der Waals surface area contributed by atoms with E-state index in [1.54, 1.807) is 25.1 Å². The molecule has 0 bridgehead atoms. The summed E-state index contributed by atoms with van der Waals surface area (Å²) < 4.78 is 0. The number of aliphatic hydroxyl groups excluding tert-OH is 1. The minimum absolute atomic E-state index is 0.113. The highest BCUT2D eigenvalue weighted by atomic mass is 16.3. The van der Waals surface area contributed by atoms with E-state index in [2.05, 4.69) is 6.08 Å². The summed E-state index contributed by atoms with van der Waals surface area (Å²) in [5, 5.41) is 10.5. The number of unbranched alkanes of at least 4 members (excludes halogenated alkanes) is 1. The van der Waals surface area contributed by atoms with Crippen LogP contribution in [0.25, 0.3) is 0 Å². The van der Waals surface area contributed by atoms with Gasteiger partial charge in [-0.25, -0.2) is 0 Å². The first kappa shape index (κ1) is 21.3. The number of hydrogen-bond donors (Lipinski definition) is 1. The zero-order chi connectivity index (χ0) is 20.1. The SMILES string of the molecule is CN(C)C(=O)CCCCC1=C[C@H]2C[C@@H](O)[C@H](C=CC(=O)C3CCCCC3)[C@H]2C1. The molecule has 1 amide bonds. The molecule has 3 rings (SSSR count). The van der Waals surface area contributed by atoms with Gasteiger partial charge in [-0.05, 0) is 62.9 Å². The van der Waals surface area contributed by atoms with Gasteiger partial charge in [0.25, 0.3) is 0 Å². The van der Waals surface area contributed by atoms with Crippen LogP contribution in [0.4, 0.5) is 0 Å². The molecule has 0 spiro atoms. The zero-order valence-electron chi connectivity index (χ0n) is 17.6. The van der Waals surface area contributed by atoms with Crippen LogP contribution in [0.15, 0.2) is 23.8 Å². The number of ketones is 1. The molecule has 4 heteroatoms. The van der Waals surface area contributed by atoms with Crippen molar-refractivity contribution in [1.29, 1.82) is 0 Å². The fourth-order valence-electron chi connectivity index (χ4n) is 5.37. The Kier molecular flexibility index (Phi) is 7.50. The predicted molar refractivity (Wildman–Crippen MR) is 112 cm³/mol. The van der Waals surface area contributed by atoms with Gasteiger partial charge >= 0.3 is 0 Å². The molecule has 0 aromatic carbocycles. The molecule has 0 aromatic heterocycles. The Balaban J connectivity index is 1.46. The Morgan fingerprint density at radius 1 is 1.18 bits per heavy atom. The molecular formula is C24H37NO3. The van der Waals surface area contributed by atoms with Crippen LogP contribution in [0, 0.1) is 23.7 Å². The van der Waals surface area contributed by atoms with Gasteiger partial charge in [-0.1, -0.05) is 37.0 Å². The Hall–Kier alpha value is -1.42. The standard InChI is InChI=1S/C24H37NO3/c1-25(2)24(28)11-7-6-8-17-14-19-16-23(27)20(21(19)15-17)12-13-22(26)18-9-4-3-5-10-18/h12-14,18-21,23,27H,3-11,15-16H2,1-2H3/t19-,20+,21-,23+/m0/s1. The van der Waals surface area contributed by atoms with Crippen LogP contribution >= 0.6 is 0 Å². The number of amides is 1. The second-order valence-electron chi connectivity index (χ2n) is 9.33. The van der Waals surface area contributed by atoms with E-state index in [1.807, 2.05) is 6.08 Å². The predicted octanol–water partition coefficient (Wildman–Crippen LogP) is 4.28. The largest absolute Gasteiger partial charge is 0.392 e. The number of allylic oxidation sites excluding steroid dienone is 3. The van der Waals surface area contributed by atoms with Crippen LogP contribution in [-0.4, -0.2) is 41.9 Å². The fraction of sp³-hybridized carbons (Fsp3) is 0.750. The molecule has 4 atom stereocenters. The average Bonchev–Trinajstić information content (AvgIpc) is 3.20. The lowest BCUT2D eigenvalue weighted by atomic mass is 9.84. The molecule has 0 aromatic rings. The van der Waals surface area contributed by atoms with E-state index in [0.29, 0.717) is 18.3 Å². The monoisotopic (exact) mass is 387 g/mol. The summed E-state index contributed by atoms with van der Waals surface area (Å²) in [6.45, 7) is 0. The van der Waals surface area contributed by atoms with Gasteiger partial charge in [-0.15, -0.1) is 0 Å². The van der Waals surface area contributed by atoms with Gasteiger partial charge in [-0.3, -0.25) is 9.59 Å². The number of hydrogen-bond acceptors (Lipinski definition) is 3. The molecule has 0 radical (unpaired) electrons. The molecule has 2 fully saturated rings. The maximum Gasteiger partial charge on any atom is 0.222 e. The molecule has 28 heavy (non-hydrogen) atoms. The Morgan fingerprint density at radius 2 is 1.93 bits per heavy atom. The maximum absolute atomic E-state index is 12.5. The molecule has 3 aliphatic rings. The first-order chi connectivity index (χ1) is 13.5. The minimum atomic E-state index is -0.319. The van der Waals surface area contributed by atoms with Gasteiger partial charge in [0, 0.05) is 32.4 Å². The van der Waals surface area contributed by atoms with E-state index in [-0.39, 0.29) is 29.6 Å². The van der Waals surface area contributed by atoms with Crippen molar-refractivity contribution in [3.05, 3.63) is 23.8 Å². The first-order valence-electron chi connectivity index (χ1n) is 11.3. The van der Waals surface area contributed by atoms with Crippen molar-refractivity contribution >= 4 is 11.7 Å². The number of carbonyl (C=O) groups is 2. The summed E-state index contributed by atoms with van der Waals surface area (Å²) in [6.07, 6.45) is 17.1. The molecule has 4 nitrogen and oxygen atoms in total. The van der Waals surface area contributed by atoms with Crippen molar-refractivity contribution in [3.8, 4) is 0 Å². The van der Waals surface area contributed by atoms with Crippen molar-refractivity contribution in [2.75, 3.05) is 14.1 Å². The lowest BCUT2D eigenvalue weighted by Gasteiger charge is -2.20. The number of fused-ring (bicyclic) bond motifs is 1. The second-order valence-corrected chi connectivity index (χ2v) is 9.33. The quantitative estimate of drug-likeness (QED) is 0.384. The first-order valence-corrected chi connectivity index (χ1v) is 11.3. The van der Waals surface area contributed by atoms with Gasteiger partial charge in [0.2, 0.25) is 5.91 Å². The van der Waals surface area contributed by atoms with Crippen molar-refractivity contribution in [3.63, 3.8) is 0 Å². The van der Waals surface area contributed by atoms with Crippen molar-refractivity contribution < 1.29 is 14.7 Å². The van der Waals surface area contributed by atoms with Gasteiger partial charge < -0.3 is 10.0 Å². The Bertz CT molecular complexity index is 615. The average molecular weight is 388 g/mol. The summed E-state index contributed by atoms with van der Waals surface area (Å²) in [6, 6.07) is 0. The molecule has 0 aliphatic heterocycles. The van der Waals surface area contributed by atoms with Crippen molar-refractivity contribution in [2.45, 2.75) is 76.7 Å². The smallest absolute Gasteiger partial charge is 0.222 e. The number of aliphatic hydroxyl groups is 1. The van der Waals surface area contributed by atoms with Crippen LogP contribution in [0.1, 0.15) is 70.6 Å². The topological polar surface area (TPSA) is 57.6 Å². The molecule has 0 heterocycles. The highest BCUT2D eigenvalue weighted by Gasteiger charge is 2.43. The van der Waals surface area contributed by atoms with E-state index in [9.17, 15) is 14.7 Å². The normalized spacial score (nSPS) is 30.5. The molecule has 3 aliphatic carbocycles. The second kappa shape index (κ2) is 9.87. The van der Waals surface area contributed by atoms with Crippen LogP contribution in [-0.2, 0) is 9.59 Å². The summed E-state index contributed by atoms with van der Waals surface area (Å²) in [7, 11) is 3.61. The number of rotatable bonds is 8. The summed E-state index contributed by atoms with van der Waals surface area (Å²) in [4.78, 5) is 25.8.